The summed E-state index contributed by atoms with van der Waals surface area (Å²) in [6.07, 6.45) is 4.51. The highest BCUT2D eigenvalue weighted by Gasteiger charge is 2.31. The lowest BCUT2D eigenvalue weighted by atomic mass is 10.1. The van der Waals surface area contributed by atoms with Gasteiger partial charge in [-0.15, -0.1) is 0 Å². The minimum Gasteiger partial charge on any atom is -0.394 e. The van der Waals surface area contributed by atoms with Gasteiger partial charge in [0.15, 0.2) is 0 Å². The van der Waals surface area contributed by atoms with Crippen LogP contribution in [0, 0.1) is 5.92 Å². The second-order valence-electron chi connectivity index (χ2n) is 6.84. The van der Waals surface area contributed by atoms with Crippen LogP contribution in [-0.4, -0.2) is 45.8 Å². The van der Waals surface area contributed by atoms with E-state index in [4.69, 9.17) is 5.73 Å². The second kappa shape index (κ2) is 7.74. The molecular weight excluding hydrogens is 313 g/mol. The summed E-state index contributed by atoms with van der Waals surface area (Å²) in [6.45, 7) is 3.57. The number of aliphatic hydroxyl groups is 1. The summed E-state index contributed by atoms with van der Waals surface area (Å²) in [6, 6.07) is -0.154. The first-order valence-electron chi connectivity index (χ1n) is 8.27. The quantitative estimate of drug-likeness (QED) is 0.483. The summed E-state index contributed by atoms with van der Waals surface area (Å²) in [5.74, 6) is 0.410. The summed E-state index contributed by atoms with van der Waals surface area (Å²) in [5.41, 5.74) is 4.34. The summed E-state index contributed by atoms with van der Waals surface area (Å²) >= 11 is 0. The summed E-state index contributed by atoms with van der Waals surface area (Å²) in [7, 11) is 0. The molecule has 1 atom stereocenters. The van der Waals surface area contributed by atoms with E-state index >= 15 is 0 Å². The Balaban J connectivity index is 2.02. The number of alkyl halides is 1. The standard InChI is InChI=1S/C16H26FN5O2/c1-16(2,17)6-3-7-19-15-20-8-11(13(18)24)14(22-15)21-12(9-23)10-4-5-10/h8,10,12,23H,3-7,9H2,1-2H3,(H2,18,24)(H2,19,20,21,22)/t12-/m0/s1. The van der Waals surface area contributed by atoms with Gasteiger partial charge in [-0.1, -0.05) is 0 Å². The molecule has 24 heavy (non-hydrogen) atoms. The van der Waals surface area contributed by atoms with Crippen molar-refractivity contribution in [3.05, 3.63) is 11.8 Å². The van der Waals surface area contributed by atoms with Gasteiger partial charge >= 0.3 is 0 Å². The number of aromatic nitrogens is 2. The number of hydrogen-bond acceptors (Lipinski definition) is 6. The summed E-state index contributed by atoms with van der Waals surface area (Å²) in [5, 5.41) is 15.6. The second-order valence-corrected chi connectivity index (χ2v) is 6.84. The predicted octanol–water partition coefficient (Wildman–Crippen LogP) is 1.70. The molecule has 1 aliphatic rings. The Morgan fingerprint density at radius 2 is 2.25 bits per heavy atom. The van der Waals surface area contributed by atoms with Crippen molar-refractivity contribution in [2.45, 2.75) is 51.2 Å². The number of aliphatic hydroxyl groups excluding tert-OH is 1. The van der Waals surface area contributed by atoms with Crippen LogP contribution in [0.3, 0.4) is 0 Å². The van der Waals surface area contributed by atoms with E-state index in [-0.39, 0.29) is 18.2 Å². The Hall–Kier alpha value is -1.96. The molecule has 0 bridgehead atoms. The van der Waals surface area contributed by atoms with Crippen LogP contribution in [0.25, 0.3) is 0 Å². The van der Waals surface area contributed by atoms with Crippen molar-refractivity contribution < 1.29 is 14.3 Å². The normalized spacial score (nSPS) is 15.8. The molecule has 0 radical (unpaired) electrons. The van der Waals surface area contributed by atoms with Crippen LogP contribution >= 0.6 is 0 Å². The molecule has 0 aromatic carbocycles. The van der Waals surface area contributed by atoms with E-state index in [1.807, 2.05) is 0 Å². The van der Waals surface area contributed by atoms with Crippen molar-refractivity contribution in [2.24, 2.45) is 11.7 Å². The van der Waals surface area contributed by atoms with Crippen LogP contribution in [0.1, 0.15) is 49.9 Å². The minimum absolute atomic E-state index is 0.0405. The average molecular weight is 339 g/mol. The largest absolute Gasteiger partial charge is 0.394 e. The van der Waals surface area contributed by atoms with Crippen molar-refractivity contribution >= 4 is 17.7 Å². The maximum atomic E-state index is 13.4. The Morgan fingerprint density at radius 1 is 1.54 bits per heavy atom. The van der Waals surface area contributed by atoms with Crippen molar-refractivity contribution in [1.29, 1.82) is 0 Å². The molecule has 134 valence electrons. The van der Waals surface area contributed by atoms with E-state index in [9.17, 15) is 14.3 Å². The summed E-state index contributed by atoms with van der Waals surface area (Å²) in [4.78, 5) is 19.9. The number of nitrogens with two attached hydrogens (primary N) is 1. The monoisotopic (exact) mass is 339 g/mol. The van der Waals surface area contributed by atoms with E-state index in [0.29, 0.717) is 37.1 Å². The van der Waals surface area contributed by atoms with Crippen LogP contribution in [-0.2, 0) is 0 Å². The zero-order chi connectivity index (χ0) is 17.7. The Labute approximate surface area is 141 Å². The zero-order valence-electron chi connectivity index (χ0n) is 14.2. The van der Waals surface area contributed by atoms with E-state index < -0.39 is 11.6 Å². The smallest absolute Gasteiger partial charge is 0.254 e. The van der Waals surface area contributed by atoms with Crippen LogP contribution in [0.15, 0.2) is 6.20 Å². The maximum Gasteiger partial charge on any atom is 0.254 e. The molecule has 0 saturated heterocycles. The highest BCUT2D eigenvalue weighted by Crippen LogP contribution is 2.34. The van der Waals surface area contributed by atoms with Gasteiger partial charge in [-0.3, -0.25) is 4.79 Å². The molecular formula is C16H26FN5O2. The highest BCUT2D eigenvalue weighted by molar-refractivity contribution is 5.97. The van der Waals surface area contributed by atoms with Gasteiger partial charge in [-0.2, -0.15) is 4.98 Å². The topological polar surface area (TPSA) is 113 Å². The van der Waals surface area contributed by atoms with Crippen molar-refractivity contribution in [3.8, 4) is 0 Å². The Bertz CT molecular complexity index is 572. The van der Waals surface area contributed by atoms with Gasteiger partial charge in [0.1, 0.15) is 11.5 Å². The van der Waals surface area contributed by atoms with Gasteiger partial charge in [0.25, 0.3) is 5.91 Å². The molecule has 1 amide bonds. The molecule has 8 heteroatoms. The number of carbonyl (C=O) groups is 1. The molecule has 1 aliphatic carbocycles. The molecule has 1 aromatic rings. The van der Waals surface area contributed by atoms with Crippen molar-refractivity contribution in [2.75, 3.05) is 23.8 Å². The minimum atomic E-state index is -1.20. The summed E-state index contributed by atoms with van der Waals surface area (Å²) < 4.78 is 13.4. The molecule has 0 aliphatic heterocycles. The molecule has 1 aromatic heterocycles. The fraction of sp³-hybridized carbons (Fsp3) is 0.688. The van der Waals surface area contributed by atoms with Gasteiger partial charge in [-0.25, -0.2) is 9.37 Å². The fourth-order valence-electron chi connectivity index (χ4n) is 2.45. The maximum absolute atomic E-state index is 13.4. The zero-order valence-corrected chi connectivity index (χ0v) is 14.2. The highest BCUT2D eigenvalue weighted by atomic mass is 19.1. The number of carbonyl (C=O) groups excluding carboxylic acids is 1. The lowest BCUT2D eigenvalue weighted by Gasteiger charge is -2.18. The number of amides is 1. The van der Waals surface area contributed by atoms with Gasteiger partial charge in [0.2, 0.25) is 5.95 Å². The first-order chi connectivity index (χ1) is 11.3. The molecule has 1 fully saturated rings. The van der Waals surface area contributed by atoms with Crippen LogP contribution in [0.2, 0.25) is 0 Å². The van der Waals surface area contributed by atoms with E-state index in [2.05, 4.69) is 20.6 Å². The number of nitrogens with one attached hydrogen (secondary N) is 2. The lowest BCUT2D eigenvalue weighted by Crippen LogP contribution is -2.29. The first kappa shape index (κ1) is 18.4. The van der Waals surface area contributed by atoms with Crippen LogP contribution in [0.5, 0.6) is 0 Å². The van der Waals surface area contributed by atoms with Crippen molar-refractivity contribution in [1.82, 2.24) is 9.97 Å². The predicted molar refractivity (Wildman–Crippen MR) is 90.7 cm³/mol. The molecule has 0 spiro atoms. The fourth-order valence-corrected chi connectivity index (χ4v) is 2.45. The number of anilines is 2. The third-order valence-corrected chi connectivity index (χ3v) is 4.00. The van der Waals surface area contributed by atoms with Crippen LogP contribution in [0.4, 0.5) is 16.2 Å². The Kier molecular flexibility index (Phi) is 5.93. The number of halogens is 1. The van der Waals surface area contributed by atoms with E-state index in [1.165, 1.54) is 6.20 Å². The SMILES string of the molecule is CC(C)(F)CCCNc1ncc(C(N)=O)c(N[C@@H](CO)C2CC2)n1. The van der Waals surface area contributed by atoms with Gasteiger partial charge in [0, 0.05) is 12.7 Å². The van der Waals surface area contributed by atoms with Gasteiger partial charge in [0.05, 0.1) is 18.2 Å². The number of primary amides is 1. The molecule has 5 N–H and O–H groups in total. The molecule has 1 heterocycles. The van der Waals surface area contributed by atoms with E-state index in [0.717, 1.165) is 12.8 Å². The third-order valence-electron chi connectivity index (χ3n) is 4.00. The molecule has 1 saturated carbocycles. The third kappa shape index (κ3) is 5.59. The number of hydrogen-bond donors (Lipinski definition) is 4. The number of nitrogens with zero attached hydrogens (tertiary/aromatic N) is 2. The van der Waals surface area contributed by atoms with Gasteiger partial charge in [-0.05, 0) is 45.4 Å². The molecule has 7 nitrogen and oxygen atoms in total. The number of rotatable bonds is 10. The molecule has 0 unspecified atom stereocenters. The van der Waals surface area contributed by atoms with Crippen molar-refractivity contribution in [3.63, 3.8) is 0 Å². The first-order valence-corrected chi connectivity index (χ1v) is 8.27. The lowest BCUT2D eigenvalue weighted by molar-refractivity contribution is 0.1000. The van der Waals surface area contributed by atoms with Crippen LogP contribution < -0.4 is 16.4 Å². The average Bonchev–Trinajstić information content (AvgIpc) is 3.33. The van der Waals surface area contributed by atoms with Gasteiger partial charge < -0.3 is 21.5 Å². The van der Waals surface area contributed by atoms with E-state index in [1.54, 1.807) is 13.8 Å². The Morgan fingerprint density at radius 3 is 2.79 bits per heavy atom. The molecule has 2 rings (SSSR count).